The van der Waals surface area contributed by atoms with Crippen molar-refractivity contribution in [1.29, 1.82) is 0 Å². The van der Waals surface area contributed by atoms with Gasteiger partial charge in [0.15, 0.2) is 9.84 Å². The minimum absolute atomic E-state index is 0.00322. The fourth-order valence-corrected chi connectivity index (χ4v) is 2.74. The molecule has 1 aromatic heterocycles. The second kappa shape index (κ2) is 5.09. The lowest BCUT2D eigenvalue weighted by Gasteiger charge is -2.24. The molecule has 100 valence electrons. The third-order valence-corrected chi connectivity index (χ3v) is 4.67. The molecule has 0 bridgehead atoms. The van der Waals surface area contributed by atoms with Gasteiger partial charge in [-0.2, -0.15) is 0 Å². The zero-order valence-corrected chi connectivity index (χ0v) is 11.1. The number of fused-ring (bicyclic) bond motifs is 1. The van der Waals surface area contributed by atoms with Crippen LogP contribution in [0.15, 0.2) is 12.4 Å². The van der Waals surface area contributed by atoms with Gasteiger partial charge in [0.25, 0.3) is 0 Å². The summed E-state index contributed by atoms with van der Waals surface area (Å²) in [5.41, 5.74) is 0. The second-order valence-corrected chi connectivity index (χ2v) is 6.83. The molecular formula is C11H17N3O3S. The van der Waals surface area contributed by atoms with Gasteiger partial charge in [-0.3, -0.25) is 4.79 Å². The number of hydrogen-bond acceptors (Lipinski definition) is 4. The molecule has 6 nitrogen and oxygen atoms in total. The number of aryl methyl sites for hydroxylation is 1. The average Bonchev–Trinajstić information content (AvgIpc) is 2.75. The van der Waals surface area contributed by atoms with E-state index < -0.39 is 21.5 Å². The molecule has 7 heteroatoms. The predicted molar refractivity (Wildman–Crippen MR) is 66.8 cm³/mol. The Morgan fingerprint density at radius 3 is 3.11 bits per heavy atom. The first-order valence-corrected chi connectivity index (χ1v) is 7.82. The first-order valence-electron chi connectivity index (χ1n) is 6.00. The topological polar surface area (TPSA) is 81.1 Å². The monoisotopic (exact) mass is 271 g/mol. The van der Waals surface area contributed by atoms with Gasteiger partial charge in [0.2, 0.25) is 5.91 Å². The fourth-order valence-electron chi connectivity index (χ4n) is 2.06. The van der Waals surface area contributed by atoms with Crippen molar-refractivity contribution in [2.75, 3.05) is 11.5 Å². The van der Waals surface area contributed by atoms with Crippen LogP contribution >= 0.6 is 0 Å². The number of rotatable bonds is 4. The van der Waals surface area contributed by atoms with Crippen LogP contribution in [-0.2, 0) is 27.6 Å². The Labute approximate surface area is 106 Å². The Balaban J connectivity index is 1.90. The number of carbonyl (C=O) groups is 1. The largest absolute Gasteiger partial charge is 0.351 e. The molecule has 1 aliphatic rings. The lowest BCUT2D eigenvalue weighted by molar-refractivity contribution is -0.119. The summed E-state index contributed by atoms with van der Waals surface area (Å²) < 4.78 is 24.7. The van der Waals surface area contributed by atoms with E-state index >= 15 is 0 Å². The lowest BCUT2D eigenvalue weighted by atomic mass is 10.1. The van der Waals surface area contributed by atoms with E-state index in [4.69, 9.17) is 0 Å². The summed E-state index contributed by atoms with van der Waals surface area (Å²) in [5.74, 6) is 0.181. The summed E-state index contributed by atoms with van der Waals surface area (Å²) in [4.78, 5) is 15.8. The molecule has 0 fully saturated rings. The molecule has 2 rings (SSSR count). The molecule has 2 heterocycles. The molecule has 1 amide bonds. The van der Waals surface area contributed by atoms with E-state index in [9.17, 15) is 13.2 Å². The summed E-state index contributed by atoms with van der Waals surface area (Å²) in [6.07, 6.45) is 5.21. The highest BCUT2D eigenvalue weighted by Gasteiger charge is 2.22. The molecule has 18 heavy (non-hydrogen) atoms. The van der Waals surface area contributed by atoms with E-state index in [1.54, 1.807) is 13.1 Å². The number of hydrogen-bond donors (Lipinski definition) is 1. The molecule has 0 spiro atoms. The van der Waals surface area contributed by atoms with E-state index in [0.717, 1.165) is 18.7 Å². The lowest BCUT2D eigenvalue weighted by Crippen LogP contribution is -2.43. The minimum Gasteiger partial charge on any atom is -0.351 e. The van der Waals surface area contributed by atoms with Crippen LogP contribution in [-0.4, -0.2) is 41.4 Å². The third kappa shape index (κ3) is 3.10. The SMILES string of the molecule is CCS(=O)(=O)CC(=O)NC1CCc2nccn2C1. The summed E-state index contributed by atoms with van der Waals surface area (Å²) >= 11 is 0. The summed E-state index contributed by atoms with van der Waals surface area (Å²) in [5, 5.41) is 2.77. The fraction of sp³-hybridized carbons (Fsp3) is 0.636. The molecule has 0 aromatic carbocycles. The normalized spacial score (nSPS) is 19.3. The van der Waals surface area contributed by atoms with E-state index in [1.807, 2.05) is 10.8 Å². The predicted octanol–water partition coefficient (Wildman–Crippen LogP) is -0.251. The van der Waals surface area contributed by atoms with Crippen molar-refractivity contribution >= 4 is 15.7 Å². The number of amides is 1. The van der Waals surface area contributed by atoms with Crippen molar-refractivity contribution in [1.82, 2.24) is 14.9 Å². The van der Waals surface area contributed by atoms with Crippen molar-refractivity contribution in [2.24, 2.45) is 0 Å². The first kappa shape index (κ1) is 13.1. The van der Waals surface area contributed by atoms with Crippen LogP contribution in [0.5, 0.6) is 0 Å². The van der Waals surface area contributed by atoms with Crippen LogP contribution in [0.25, 0.3) is 0 Å². The quantitative estimate of drug-likeness (QED) is 0.818. The molecule has 1 unspecified atom stereocenters. The van der Waals surface area contributed by atoms with Gasteiger partial charge in [-0.15, -0.1) is 0 Å². The zero-order valence-electron chi connectivity index (χ0n) is 10.3. The maximum atomic E-state index is 11.6. The highest BCUT2D eigenvalue weighted by atomic mass is 32.2. The van der Waals surface area contributed by atoms with Gasteiger partial charge in [0.05, 0.1) is 0 Å². The van der Waals surface area contributed by atoms with Gasteiger partial charge in [0, 0.05) is 37.2 Å². The van der Waals surface area contributed by atoms with Gasteiger partial charge < -0.3 is 9.88 Å². The Morgan fingerprint density at radius 2 is 2.39 bits per heavy atom. The van der Waals surface area contributed by atoms with Gasteiger partial charge in [-0.25, -0.2) is 13.4 Å². The molecule has 1 aliphatic heterocycles. The highest BCUT2D eigenvalue weighted by Crippen LogP contribution is 2.12. The van der Waals surface area contributed by atoms with Crippen molar-refractivity contribution in [3.63, 3.8) is 0 Å². The zero-order chi connectivity index (χ0) is 13.2. The van der Waals surface area contributed by atoms with Crippen LogP contribution in [0.1, 0.15) is 19.2 Å². The van der Waals surface area contributed by atoms with Crippen molar-refractivity contribution in [3.05, 3.63) is 18.2 Å². The molecular weight excluding hydrogens is 254 g/mol. The van der Waals surface area contributed by atoms with Gasteiger partial charge in [0.1, 0.15) is 11.6 Å². The summed E-state index contributed by atoms with van der Waals surface area (Å²) in [6, 6.07) is -0.00810. The highest BCUT2D eigenvalue weighted by molar-refractivity contribution is 7.92. The van der Waals surface area contributed by atoms with E-state index in [2.05, 4.69) is 10.3 Å². The molecule has 0 saturated heterocycles. The van der Waals surface area contributed by atoms with Crippen molar-refractivity contribution < 1.29 is 13.2 Å². The maximum absolute atomic E-state index is 11.6. The molecule has 0 radical (unpaired) electrons. The van der Waals surface area contributed by atoms with E-state index in [-0.39, 0.29) is 11.8 Å². The number of imidazole rings is 1. The Bertz CT molecular complexity index is 535. The molecule has 0 saturated carbocycles. The van der Waals surface area contributed by atoms with Gasteiger partial charge in [-0.05, 0) is 6.42 Å². The van der Waals surface area contributed by atoms with E-state index in [0.29, 0.717) is 6.54 Å². The van der Waals surface area contributed by atoms with Crippen LogP contribution in [0.4, 0.5) is 0 Å². The number of carbonyl (C=O) groups excluding carboxylic acids is 1. The smallest absolute Gasteiger partial charge is 0.235 e. The Kier molecular flexibility index (Phi) is 3.70. The standard InChI is InChI=1S/C11H17N3O3S/c1-2-18(16,17)8-11(15)13-9-3-4-10-12-5-6-14(10)7-9/h5-6,9H,2-4,7-8H2,1H3,(H,13,15). The average molecular weight is 271 g/mol. The second-order valence-electron chi connectivity index (χ2n) is 4.48. The third-order valence-electron chi connectivity index (χ3n) is 3.09. The molecule has 0 aliphatic carbocycles. The Morgan fingerprint density at radius 1 is 1.61 bits per heavy atom. The van der Waals surface area contributed by atoms with Gasteiger partial charge >= 0.3 is 0 Å². The first-order chi connectivity index (χ1) is 8.50. The number of nitrogens with zero attached hydrogens (tertiary/aromatic N) is 2. The molecule has 1 aromatic rings. The number of sulfone groups is 1. The van der Waals surface area contributed by atoms with Gasteiger partial charge in [-0.1, -0.05) is 6.92 Å². The van der Waals surface area contributed by atoms with Crippen LogP contribution in [0.2, 0.25) is 0 Å². The van der Waals surface area contributed by atoms with Crippen LogP contribution < -0.4 is 5.32 Å². The molecule has 1 N–H and O–H groups in total. The number of aromatic nitrogens is 2. The minimum atomic E-state index is -3.25. The van der Waals surface area contributed by atoms with E-state index in [1.165, 1.54) is 0 Å². The van der Waals surface area contributed by atoms with Crippen molar-refractivity contribution in [2.45, 2.75) is 32.4 Å². The van der Waals surface area contributed by atoms with Crippen molar-refractivity contribution in [3.8, 4) is 0 Å². The summed E-state index contributed by atoms with van der Waals surface area (Å²) in [7, 11) is -3.25. The number of nitrogens with one attached hydrogen (secondary N) is 1. The van der Waals surface area contributed by atoms with Crippen LogP contribution in [0, 0.1) is 0 Å². The maximum Gasteiger partial charge on any atom is 0.235 e. The molecule has 1 atom stereocenters. The van der Waals surface area contributed by atoms with Crippen LogP contribution in [0.3, 0.4) is 0 Å². The Hall–Kier alpha value is -1.37. The summed E-state index contributed by atoms with van der Waals surface area (Å²) in [6.45, 7) is 2.20.